The van der Waals surface area contributed by atoms with Crippen LogP contribution in [0, 0.1) is 12.3 Å². The first-order valence-electron chi connectivity index (χ1n) is 5.86. The Hall–Kier alpha value is -1.07. The number of aryl methyl sites for hydroxylation is 1. The van der Waals surface area contributed by atoms with E-state index in [4.69, 9.17) is 9.88 Å². The third-order valence-corrected chi connectivity index (χ3v) is 3.45. The summed E-state index contributed by atoms with van der Waals surface area (Å²) >= 11 is 0. The molecule has 0 radical (unpaired) electrons. The first-order valence-corrected chi connectivity index (χ1v) is 7.40. The second-order valence-electron chi connectivity index (χ2n) is 5.65. The molecule has 0 amide bonds. The molecule has 0 fully saturated rings. The van der Waals surface area contributed by atoms with Crippen molar-refractivity contribution in [3.05, 3.63) is 23.8 Å². The lowest BCUT2D eigenvalue weighted by atomic mass is 9.93. The molecule has 0 saturated carbocycles. The Morgan fingerprint density at radius 3 is 2.39 bits per heavy atom. The minimum absolute atomic E-state index is 0.0522. The van der Waals surface area contributed by atoms with E-state index in [1.807, 2.05) is 6.92 Å². The summed E-state index contributed by atoms with van der Waals surface area (Å²) < 4.78 is 28.5. The smallest absolute Gasteiger partial charge is 0.241 e. The van der Waals surface area contributed by atoms with Crippen LogP contribution in [0.1, 0.15) is 32.8 Å². The van der Waals surface area contributed by atoms with E-state index in [9.17, 15) is 8.42 Å². The zero-order valence-corrected chi connectivity index (χ0v) is 12.2. The van der Waals surface area contributed by atoms with E-state index in [1.54, 1.807) is 12.1 Å². The SMILES string of the molecule is Cc1ccc(OCCC(C)(C)C)c(S(N)(=O)=O)c1. The molecule has 0 spiro atoms. The van der Waals surface area contributed by atoms with Crippen LogP contribution in [0.4, 0.5) is 0 Å². The molecule has 0 unspecified atom stereocenters. The minimum Gasteiger partial charge on any atom is -0.492 e. The Bertz CT molecular complexity index is 516. The summed E-state index contributed by atoms with van der Waals surface area (Å²) in [5.41, 5.74) is 0.981. The summed E-state index contributed by atoms with van der Waals surface area (Å²) in [6.07, 6.45) is 0.838. The van der Waals surface area contributed by atoms with Crippen LogP contribution in [-0.4, -0.2) is 15.0 Å². The monoisotopic (exact) mass is 271 g/mol. The molecule has 102 valence electrons. The molecule has 1 rings (SSSR count). The summed E-state index contributed by atoms with van der Waals surface area (Å²) in [4.78, 5) is 0.0522. The summed E-state index contributed by atoms with van der Waals surface area (Å²) in [5.74, 6) is 0.326. The van der Waals surface area contributed by atoms with Crippen molar-refractivity contribution in [2.24, 2.45) is 10.6 Å². The lowest BCUT2D eigenvalue weighted by Crippen LogP contribution is -2.16. The van der Waals surface area contributed by atoms with Crippen LogP contribution in [-0.2, 0) is 10.0 Å². The number of hydrogen-bond donors (Lipinski definition) is 1. The molecule has 2 N–H and O–H groups in total. The van der Waals surface area contributed by atoms with Gasteiger partial charge in [0, 0.05) is 0 Å². The van der Waals surface area contributed by atoms with Gasteiger partial charge in [-0.25, -0.2) is 13.6 Å². The molecular formula is C13H21NO3S. The maximum Gasteiger partial charge on any atom is 0.241 e. The number of rotatable bonds is 4. The van der Waals surface area contributed by atoms with Crippen molar-refractivity contribution in [2.45, 2.75) is 39.0 Å². The van der Waals surface area contributed by atoms with E-state index in [2.05, 4.69) is 20.8 Å². The molecule has 0 aliphatic carbocycles. The van der Waals surface area contributed by atoms with Crippen LogP contribution in [0.3, 0.4) is 0 Å². The first kappa shape index (κ1) is 15.0. The highest BCUT2D eigenvalue weighted by Crippen LogP contribution is 2.25. The first-order chi connectivity index (χ1) is 8.09. The second-order valence-corrected chi connectivity index (χ2v) is 7.18. The number of primary sulfonamides is 1. The van der Waals surface area contributed by atoms with Gasteiger partial charge in [0.1, 0.15) is 10.6 Å². The quantitative estimate of drug-likeness (QED) is 0.914. The van der Waals surface area contributed by atoms with Gasteiger partial charge >= 0.3 is 0 Å². The maximum absolute atomic E-state index is 11.5. The van der Waals surface area contributed by atoms with E-state index in [0.29, 0.717) is 12.4 Å². The third-order valence-electron chi connectivity index (χ3n) is 2.52. The number of hydrogen-bond acceptors (Lipinski definition) is 3. The number of benzene rings is 1. The van der Waals surface area contributed by atoms with Crippen LogP contribution in [0.2, 0.25) is 0 Å². The Kier molecular flexibility index (Phi) is 4.40. The van der Waals surface area contributed by atoms with Gasteiger partial charge in [-0.15, -0.1) is 0 Å². The fourth-order valence-electron chi connectivity index (χ4n) is 1.42. The van der Waals surface area contributed by atoms with Crippen molar-refractivity contribution in [3.63, 3.8) is 0 Å². The maximum atomic E-state index is 11.5. The lowest BCUT2D eigenvalue weighted by molar-refractivity contribution is 0.238. The molecule has 0 heterocycles. The average Bonchev–Trinajstić information content (AvgIpc) is 2.17. The Balaban J connectivity index is 2.90. The van der Waals surface area contributed by atoms with Crippen molar-refractivity contribution in [3.8, 4) is 5.75 Å². The molecule has 1 aromatic carbocycles. The fourth-order valence-corrected chi connectivity index (χ4v) is 2.18. The van der Waals surface area contributed by atoms with E-state index < -0.39 is 10.0 Å². The zero-order chi connectivity index (χ0) is 14.0. The number of sulfonamides is 1. The lowest BCUT2D eigenvalue weighted by Gasteiger charge is -2.19. The normalized spacial score (nSPS) is 12.5. The molecular weight excluding hydrogens is 250 g/mol. The molecule has 0 aliphatic rings. The summed E-state index contributed by atoms with van der Waals surface area (Å²) in [6, 6.07) is 4.99. The fraction of sp³-hybridized carbons (Fsp3) is 0.538. The highest BCUT2D eigenvalue weighted by Gasteiger charge is 2.16. The van der Waals surface area contributed by atoms with E-state index in [-0.39, 0.29) is 10.3 Å². The largest absolute Gasteiger partial charge is 0.492 e. The zero-order valence-electron chi connectivity index (χ0n) is 11.4. The summed E-state index contributed by atoms with van der Waals surface area (Å²) in [7, 11) is -3.75. The summed E-state index contributed by atoms with van der Waals surface area (Å²) in [5, 5.41) is 5.18. The average molecular weight is 271 g/mol. The van der Waals surface area contributed by atoms with Gasteiger partial charge in [0.05, 0.1) is 6.61 Å². The van der Waals surface area contributed by atoms with Crippen LogP contribution < -0.4 is 9.88 Å². The van der Waals surface area contributed by atoms with Crippen LogP contribution in [0.25, 0.3) is 0 Å². The van der Waals surface area contributed by atoms with Crippen molar-refractivity contribution in [1.82, 2.24) is 0 Å². The predicted molar refractivity (Wildman–Crippen MR) is 72.1 cm³/mol. The highest BCUT2D eigenvalue weighted by molar-refractivity contribution is 7.89. The van der Waals surface area contributed by atoms with E-state index >= 15 is 0 Å². The third kappa shape index (κ3) is 4.66. The van der Waals surface area contributed by atoms with E-state index in [1.165, 1.54) is 6.07 Å². The Morgan fingerprint density at radius 1 is 1.28 bits per heavy atom. The van der Waals surface area contributed by atoms with Gasteiger partial charge in [0.2, 0.25) is 10.0 Å². The van der Waals surface area contributed by atoms with Crippen LogP contribution in [0.15, 0.2) is 23.1 Å². The predicted octanol–water partition coefficient (Wildman–Crippen LogP) is 2.46. The van der Waals surface area contributed by atoms with Crippen molar-refractivity contribution >= 4 is 10.0 Å². The van der Waals surface area contributed by atoms with Gasteiger partial charge in [0.25, 0.3) is 0 Å². The van der Waals surface area contributed by atoms with Crippen LogP contribution in [0.5, 0.6) is 5.75 Å². The Labute approximate surface area is 109 Å². The molecule has 0 saturated heterocycles. The molecule has 18 heavy (non-hydrogen) atoms. The molecule has 0 aliphatic heterocycles. The van der Waals surface area contributed by atoms with Gasteiger partial charge < -0.3 is 4.74 Å². The summed E-state index contributed by atoms with van der Waals surface area (Å²) in [6.45, 7) is 8.59. The van der Waals surface area contributed by atoms with Gasteiger partial charge in [0.15, 0.2) is 0 Å². The van der Waals surface area contributed by atoms with E-state index in [0.717, 1.165) is 12.0 Å². The van der Waals surface area contributed by atoms with Gasteiger partial charge in [-0.3, -0.25) is 0 Å². The number of nitrogens with two attached hydrogens (primary N) is 1. The molecule has 5 heteroatoms. The van der Waals surface area contributed by atoms with Crippen molar-refractivity contribution in [2.75, 3.05) is 6.61 Å². The van der Waals surface area contributed by atoms with Gasteiger partial charge in [-0.05, 0) is 36.5 Å². The molecule has 1 aromatic rings. The number of ether oxygens (including phenoxy) is 1. The molecule has 0 bridgehead atoms. The van der Waals surface area contributed by atoms with Gasteiger partial charge in [-0.1, -0.05) is 26.8 Å². The Morgan fingerprint density at radius 2 is 1.89 bits per heavy atom. The highest BCUT2D eigenvalue weighted by atomic mass is 32.2. The standard InChI is InChI=1S/C13H21NO3S/c1-10-5-6-11(12(9-10)18(14,15)16)17-8-7-13(2,3)4/h5-6,9H,7-8H2,1-4H3,(H2,14,15,16). The second kappa shape index (κ2) is 5.28. The molecule has 4 nitrogen and oxygen atoms in total. The van der Waals surface area contributed by atoms with Gasteiger partial charge in [-0.2, -0.15) is 0 Å². The minimum atomic E-state index is -3.75. The molecule has 0 aromatic heterocycles. The topological polar surface area (TPSA) is 69.4 Å². The van der Waals surface area contributed by atoms with Crippen molar-refractivity contribution < 1.29 is 13.2 Å². The molecule has 0 atom stereocenters. The van der Waals surface area contributed by atoms with Crippen molar-refractivity contribution in [1.29, 1.82) is 0 Å². The van der Waals surface area contributed by atoms with Crippen LogP contribution >= 0.6 is 0 Å².